The Morgan fingerprint density at radius 2 is 2.08 bits per heavy atom. The van der Waals surface area contributed by atoms with Crippen LogP contribution < -0.4 is 20.7 Å². The molecule has 1 aliphatic heterocycles. The van der Waals surface area contributed by atoms with Crippen molar-refractivity contribution in [3.05, 3.63) is 51.5 Å². The van der Waals surface area contributed by atoms with Gasteiger partial charge in [-0.05, 0) is 46.0 Å². The number of rotatable bonds is 12. The maximum Gasteiger partial charge on any atom is 0.163 e. The van der Waals surface area contributed by atoms with Gasteiger partial charge in [-0.3, -0.25) is 4.99 Å². The highest BCUT2D eigenvalue weighted by molar-refractivity contribution is 6.33. The molecular weight excluding hydrogens is 534 g/mol. The molecule has 3 heterocycles. The summed E-state index contributed by atoms with van der Waals surface area (Å²) in [5.74, 6) is 2.33. The molecule has 0 saturated carbocycles. The number of benzene rings is 1. The monoisotopic (exact) mass is 569 g/mol. The van der Waals surface area contributed by atoms with Gasteiger partial charge < -0.3 is 35.1 Å². The van der Waals surface area contributed by atoms with E-state index in [0.717, 1.165) is 33.9 Å². The number of aliphatic hydroxyl groups excluding tert-OH is 1. The molecule has 11 nitrogen and oxygen atoms in total. The number of nitrogens with zero attached hydrogens (tertiary/aromatic N) is 5. The number of methoxy groups -OCH3 is 1. The SMILES string of the molecule is CNC[C@@H](O)COc1ccc(Cl)c(-c2nc(-c3c(C)noc3C)c(C)c(N3CC(N)=C(C=NCCOC)C3)n2)c1. The van der Waals surface area contributed by atoms with Crippen LogP contribution in [0.1, 0.15) is 17.0 Å². The Kier molecular flexibility index (Phi) is 9.75. The van der Waals surface area contributed by atoms with Crippen molar-refractivity contribution in [2.45, 2.75) is 26.9 Å². The second-order valence-electron chi connectivity index (χ2n) is 9.64. The molecule has 0 bridgehead atoms. The van der Waals surface area contributed by atoms with Crippen LogP contribution in [0.3, 0.4) is 0 Å². The summed E-state index contributed by atoms with van der Waals surface area (Å²) < 4.78 is 16.4. The van der Waals surface area contributed by atoms with E-state index in [1.54, 1.807) is 38.6 Å². The zero-order chi connectivity index (χ0) is 28.8. The van der Waals surface area contributed by atoms with Crippen LogP contribution in [0.2, 0.25) is 5.02 Å². The first-order valence-corrected chi connectivity index (χ1v) is 13.4. The second kappa shape index (κ2) is 13.2. The van der Waals surface area contributed by atoms with E-state index in [4.69, 9.17) is 41.3 Å². The zero-order valence-corrected chi connectivity index (χ0v) is 24.2. The minimum Gasteiger partial charge on any atom is -0.491 e. The number of nitrogens with one attached hydrogen (secondary N) is 1. The molecule has 0 fully saturated rings. The molecule has 0 spiro atoms. The van der Waals surface area contributed by atoms with E-state index in [9.17, 15) is 5.11 Å². The fourth-order valence-corrected chi connectivity index (χ4v) is 4.71. The van der Waals surface area contributed by atoms with Crippen LogP contribution in [0.15, 0.2) is 39.0 Å². The molecular formula is C28H36ClN7O4. The van der Waals surface area contributed by atoms with Gasteiger partial charge in [-0.2, -0.15) is 0 Å². The van der Waals surface area contributed by atoms with Crippen LogP contribution >= 0.6 is 11.6 Å². The van der Waals surface area contributed by atoms with Gasteiger partial charge >= 0.3 is 0 Å². The predicted octanol–water partition coefficient (Wildman–Crippen LogP) is 3.09. The van der Waals surface area contributed by atoms with Crippen molar-refractivity contribution in [3.8, 4) is 28.4 Å². The molecule has 0 radical (unpaired) electrons. The topological polar surface area (TPSA) is 144 Å². The lowest BCUT2D eigenvalue weighted by atomic mass is 10.0. The average molecular weight is 570 g/mol. The number of anilines is 1. The van der Waals surface area contributed by atoms with E-state index in [2.05, 4.69) is 20.4 Å². The van der Waals surface area contributed by atoms with Crippen LogP contribution in [0.5, 0.6) is 5.75 Å². The Labute approximate surface area is 239 Å². The van der Waals surface area contributed by atoms with E-state index in [0.29, 0.717) is 66.4 Å². The summed E-state index contributed by atoms with van der Waals surface area (Å²) in [6, 6.07) is 5.27. The third-order valence-electron chi connectivity index (χ3n) is 6.56. The van der Waals surface area contributed by atoms with Gasteiger partial charge in [0, 0.05) is 48.8 Å². The maximum absolute atomic E-state index is 10.1. The largest absolute Gasteiger partial charge is 0.491 e. The average Bonchev–Trinajstić information content (AvgIpc) is 3.47. The van der Waals surface area contributed by atoms with Gasteiger partial charge in [0.05, 0.1) is 41.7 Å². The number of nitrogens with two attached hydrogens (primary N) is 1. The number of ether oxygens (including phenoxy) is 2. The van der Waals surface area contributed by atoms with Gasteiger partial charge in [0.2, 0.25) is 0 Å². The maximum atomic E-state index is 10.1. The van der Waals surface area contributed by atoms with Crippen LogP contribution in [0.25, 0.3) is 22.6 Å². The molecule has 0 aliphatic carbocycles. The van der Waals surface area contributed by atoms with Crippen LogP contribution in [0.4, 0.5) is 5.82 Å². The lowest BCUT2D eigenvalue weighted by Crippen LogP contribution is -2.29. The highest BCUT2D eigenvalue weighted by Gasteiger charge is 2.27. The van der Waals surface area contributed by atoms with E-state index in [-0.39, 0.29) is 6.61 Å². The first kappa shape index (κ1) is 29.5. The van der Waals surface area contributed by atoms with Crippen molar-refractivity contribution in [3.63, 3.8) is 0 Å². The molecule has 2 aromatic heterocycles. The molecule has 12 heteroatoms. The lowest BCUT2D eigenvalue weighted by Gasteiger charge is -2.22. The molecule has 1 aromatic carbocycles. The first-order chi connectivity index (χ1) is 19.2. The molecule has 40 heavy (non-hydrogen) atoms. The van der Waals surface area contributed by atoms with Crippen LogP contribution in [0, 0.1) is 20.8 Å². The number of halogens is 1. The third-order valence-corrected chi connectivity index (χ3v) is 6.89. The van der Waals surface area contributed by atoms with E-state index in [1.165, 1.54) is 0 Å². The third kappa shape index (κ3) is 6.61. The van der Waals surface area contributed by atoms with E-state index < -0.39 is 6.10 Å². The second-order valence-corrected chi connectivity index (χ2v) is 10.0. The summed E-state index contributed by atoms with van der Waals surface area (Å²) in [6.45, 7) is 8.39. The van der Waals surface area contributed by atoms with Crippen molar-refractivity contribution in [1.82, 2.24) is 20.4 Å². The molecule has 4 N–H and O–H groups in total. The Morgan fingerprint density at radius 1 is 1.27 bits per heavy atom. The minimum absolute atomic E-state index is 0.125. The molecule has 0 saturated heterocycles. The van der Waals surface area contributed by atoms with Gasteiger partial charge in [-0.25, -0.2) is 9.97 Å². The van der Waals surface area contributed by atoms with Gasteiger partial charge in [0.15, 0.2) is 5.82 Å². The van der Waals surface area contributed by atoms with Crippen LogP contribution in [-0.2, 0) is 4.74 Å². The lowest BCUT2D eigenvalue weighted by molar-refractivity contribution is 0.108. The Hall–Kier alpha value is -3.51. The fraction of sp³-hybridized carbons (Fsp3) is 0.429. The fourth-order valence-electron chi connectivity index (χ4n) is 4.51. The highest BCUT2D eigenvalue weighted by Crippen LogP contribution is 2.37. The standard InChI is InChI=1S/C28H36ClN7O4/c1-16-26(25-17(2)35-40-18(25)3)33-27(22-10-21(6-7-23(22)29)39-15-20(37)12-31-4)34-28(16)36-13-19(24(30)14-36)11-32-8-9-38-5/h6-7,10-11,20,31,37H,8-9,12-15,30H2,1-5H3/t20-/m1/s1. The summed E-state index contributed by atoms with van der Waals surface area (Å²) >= 11 is 6.67. The molecule has 214 valence electrons. The van der Waals surface area contributed by atoms with Crippen molar-refractivity contribution in [2.75, 3.05) is 58.5 Å². The number of aryl methyl sites for hydroxylation is 2. The summed E-state index contributed by atoms with van der Waals surface area (Å²) in [6.07, 6.45) is 1.15. The number of aliphatic hydroxyl groups is 1. The molecule has 0 unspecified atom stereocenters. The van der Waals surface area contributed by atoms with Gasteiger partial charge in [-0.15, -0.1) is 0 Å². The van der Waals surface area contributed by atoms with Crippen molar-refractivity contribution >= 4 is 23.6 Å². The summed E-state index contributed by atoms with van der Waals surface area (Å²) in [4.78, 5) is 16.5. The van der Waals surface area contributed by atoms with Gasteiger partial charge in [-0.1, -0.05) is 16.8 Å². The molecule has 1 aliphatic rings. The highest BCUT2D eigenvalue weighted by atomic mass is 35.5. The zero-order valence-electron chi connectivity index (χ0n) is 23.5. The van der Waals surface area contributed by atoms with E-state index >= 15 is 0 Å². The van der Waals surface area contributed by atoms with Crippen molar-refractivity contribution in [2.24, 2.45) is 10.7 Å². The smallest absolute Gasteiger partial charge is 0.163 e. The van der Waals surface area contributed by atoms with Gasteiger partial charge in [0.25, 0.3) is 0 Å². The summed E-state index contributed by atoms with van der Waals surface area (Å²) in [7, 11) is 3.42. The van der Waals surface area contributed by atoms with Gasteiger partial charge in [0.1, 0.15) is 30.0 Å². The van der Waals surface area contributed by atoms with Crippen molar-refractivity contribution in [1.29, 1.82) is 0 Å². The first-order valence-electron chi connectivity index (χ1n) is 13.0. The van der Waals surface area contributed by atoms with E-state index in [1.807, 2.05) is 20.8 Å². The Morgan fingerprint density at radius 3 is 2.77 bits per heavy atom. The molecule has 1 atom stereocenters. The normalized spacial score (nSPS) is 14.5. The Balaban J connectivity index is 1.75. The number of hydrogen-bond acceptors (Lipinski definition) is 11. The van der Waals surface area contributed by atoms with Crippen LogP contribution in [-0.4, -0.2) is 86.1 Å². The number of aromatic nitrogens is 3. The Bertz CT molecular complexity index is 1390. The number of likely N-dealkylation sites (N-methyl/N-ethyl adjacent to an activating group) is 1. The van der Waals surface area contributed by atoms with Crippen molar-refractivity contribution < 1.29 is 19.1 Å². The minimum atomic E-state index is -0.655. The molecule has 3 aromatic rings. The number of hydrogen-bond donors (Lipinski definition) is 3. The predicted molar refractivity (Wildman–Crippen MR) is 156 cm³/mol. The number of aliphatic imine (C=N–C) groups is 1. The quantitative estimate of drug-likeness (QED) is 0.220. The molecule has 4 rings (SSSR count). The molecule has 0 amide bonds. The summed E-state index contributed by atoms with van der Waals surface area (Å²) in [5, 5.41) is 17.6. The summed E-state index contributed by atoms with van der Waals surface area (Å²) in [5.41, 5.74) is 11.8.